The first-order chi connectivity index (χ1) is 19.8. The fourth-order valence-corrected chi connectivity index (χ4v) is 5.11. The van der Waals surface area contributed by atoms with Gasteiger partial charge in [-0.15, -0.1) is 0 Å². The van der Waals surface area contributed by atoms with E-state index in [2.05, 4.69) is 5.10 Å². The fourth-order valence-electron chi connectivity index (χ4n) is 4.95. The summed E-state index contributed by atoms with van der Waals surface area (Å²) in [6.45, 7) is 5.82. The molecule has 8 nitrogen and oxygen atoms in total. The third-order valence-electron chi connectivity index (χ3n) is 7.24. The van der Waals surface area contributed by atoms with E-state index in [4.69, 9.17) is 21.1 Å². The number of carbonyl (C=O) groups is 2. The van der Waals surface area contributed by atoms with Gasteiger partial charge in [-0.1, -0.05) is 35.9 Å². The van der Waals surface area contributed by atoms with E-state index in [9.17, 15) is 14.7 Å². The monoisotopic (exact) mass is 573 g/mol. The van der Waals surface area contributed by atoms with E-state index in [1.807, 2.05) is 72.1 Å². The molecule has 0 spiro atoms. The van der Waals surface area contributed by atoms with Crippen LogP contribution in [0.15, 0.2) is 67.0 Å². The van der Waals surface area contributed by atoms with Crippen LogP contribution in [0, 0.1) is 13.8 Å². The molecule has 0 bridgehead atoms. The molecule has 212 valence electrons. The molecule has 9 heteroatoms. The Labute approximate surface area is 244 Å². The molecule has 0 saturated heterocycles. The summed E-state index contributed by atoms with van der Waals surface area (Å²) in [6.07, 6.45) is 5.38. The number of carboxylic acid groups (broad SMARTS) is 1. The Morgan fingerprint density at radius 3 is 2.76 bits per heavy atom. The summed E-state index contributed by atoms with van der Waals surface area (Å²) >= 11 is 6.18. The summed E-state index contributed by atoms with van der Waals surface area (Å²) in [7, 11) is 0. The van der Waals surface area contributed by atoms with Crippen molar-refractivity contribution in [2.75, 3.05) is 24.7 Å². The lowest BCUT2D eigenvalue weighted by Gasteiger charge is -2.23. The van der Waals surface area contributed by atoms with Crippen LogP contribution in [0.4, 0.5) is 5.69 Å². The number of aryl methyl sites for hydroxylation is 1. The lowest BCUT2D eigenvalue weighted by atomic mass is 10.0. The van der Waals surface area contributed by atoms with Crippen LogP contribution in [0.2, 0.25) is 5.02 Å². The summed E-state index contributed by atoms with van der Waals surface area (Å²) < 4.78 is 13.9. The Morgan fingerprint density at radius 1 is 1.12 bits per heavy atom. The fraction of sp³-hybridized carbons (Fsp3) is 0.281. The normalized spacial score (nSPS) is 12.8. The molecular formula is C32H32ClN3O5. The number of carboxylic acids is 1. The first-order valence-corrected chi connectivity index (χ1v) is 14.0. The lowest BCUT2D eigenvalue weighted by molar-refractivity contribution is -0.118. The first kappa shape index (κ1) is 28.2. The van der Waals surface area contributed by atoms with Crippen LogP contribution < -0.4 is 14.4 Å². The number of benzene rings is 3. The highest BCUT2D eigenvalue weighted by Gasteiger charge is 2.25. The van der Waals surface area contributed by atoms with Gasteiger partial charge in [0.1, 0.15) is 5.75 Å². The Kier molecular flexibility index (Phi) is 8.59. The van der Waals surface area contributed by atoms with E-state index in [0.717, 1.165) is 45.7 Å². The summed E-state index contributed by atoms with van der Waals surface area (Å²) in [6, 6.07) is 16.5. The van der Waals surface area contributed by atoms with Crippen molar-refractivity contribution < 1.29 is 24.2 Å². The standard InChI is InChI=1S/C32H32ClN3O5/c1-21-17-23(32(38)39)12-13-24(21)19-35-20-25(18-34-35)26-7-3-9-28-31(26)41-16-6-14-36(28)30(37)11-5-15-40-29-10-4-8-27(33)22(29)2/h3-4,7-10,12-13,17-18,20H,5-6,11,14-16,19H2,1-2H3,(H,38,39). The second-order valence-electron chi connectivity index (χ2n) is 10.1. The number of hydrogen-bond acceptors (Lipinski definition) is 5. The van der Waals surface area contributed by atoms with Crippen molar-refractivity contribution in [2.45, 2.75) is 39.7 Å². The molecule has 4 aromatic rings. The van der Waals surface area contributed by atoms with Gasteiger partial charge in [0.15, 0.2) is 5.75 Å². The van der Waals surface area contributed by atoms with Gasteiger partial charge in [-0.05, 0) is 68.1 Å². The van der Waals surface area contributed by atoms with Crippen LogP contribution in [0.5, 0.6) is 11.5 Å². The second kappa shape index (κ2) is 12.5. The number of para-hydroxylation sites is 1. The number of aromatic carboxylic acids is 1. The van der Waals surface area contributed by atoms with Crippen LogP contribution >= 0.6 is 11.6 Å². The summed E-state index contributed by atoms with van der Waals surface area (Å²) in [5.74, 6) is 0.484. The lowest BCUT2D eigenvalue weighted by Crippen LogP contribution is -2.31. The SMILES string of the molecule is Cc1cc(C(=O)O)ccc1Cn1cc(-c2cccc3c2OCCCN3C(=O)CCCOc2cccc(Cl)c2C)cn1. The van der Waals surface area contributed by atoms with E-state index < -0.39 is 5.97 Å². The van der Waals surface area contributed by atoms with Crippen molar-refractivity contribution >= 4 is 29.2 Å². The minimum atomic E-state index is -0.945. The maximum atomic E-state index is 13.3. The molecule has 0 radical (unpaired) electrons. The van der Waals surface area contributed by atoms with Gasteiger partial charge in [-0.2, -0.15) is 5.10 Å². The maximum Gasteiger partial charge on any atom is 0.335 e. The number of aromatic nitrogens is 2. The molecule has 0 saturated carbocycles. The molecule has 1 N–H and O–H groups in total. The first-order valence-electron chi connectivity index (χ1n) is 13.6. The van der Waals surface area contributed by atoms with Gasteiger partial charge in [0.25, 0.3) is 0 Å². The molecule has 5 rings (SSSR count). The third kappa shape index (κ3) is 6.38. The molecule has 2 heterocycles. The van der Waals surface area contributed by atoms with E-state index in [0.29, 0.717) is 49.9 Å². The highest BCUT2D eigenvalue weighted by molar-refractivity contribution is 6.31. The van der Waals surface area contributed by atoms with E-state index >= 15 is 0 Å². The van der Waals surface area contributed by atoms with Crippen molar-refractivity contribution in [1.82, 2.24) is 9.78 Å². The van der Waals surface area contributed by atoms with E-state index in [1.54, 1.807) is 18.3 Å². The molecule has 41 heavy (non-hydrogen) atoms. The molecule has 0 unspecified atom stereocenters. The highest BCUT2D eigenvalue weighted by atomic mass is 35.5. The van der Waals surface area contributed by atoms with Crippen LogP contribution in [0.3, 0.4) is 0 Å². The number of nitrogens with zero attached hydrogens (tertiary/aromatic N) is 3. The molecular weight excluding hydrogens is 542 g/mol. The van der Waals surface area contributed by atoms with Crippen LogP contribution in [-0.4, -0.2) is 46.5 Å². The quantitative estimate of drug-likeness (QED) is 0.228. The van der Waals surface area contributed by atoms with Crippen molar-refractivity contribution in [3.63, 3.8) is 0 Å². The number of carbonyl (C=O) groups excluding carboxylic acids is 1. The second-order valence-corrected chi connectivity index (χ2v) is 10.5. The largest absolute Gasteiger partial charge is 0.493 e. The Bertz CT molecular complexity index is 1580. The average molecular weight is 574 g/mol. The Hall–Kier alpha value is -4.30. The van der Waals surface area contributed by atoms with Crippen molar-refractivity contribution in [1.29, 1.82) is 0 Å². The number of amides is 1. The summed E-state index contributed by atoms with van der Waals surface area (Å²) in [5, 5.41) is 14.4. The Morgan fingerprint density at radius 2 is 1.95 bits per heavy atom. The van der Waals surface area contributed by atoms with Crippen LogP contribution in [0.25, 0.3) is 11.1 Å². The van der Waals surface area contributed by atoms with Gasteiger partial charge in [-0.3, -0.25) is 9.48 Å². The van der Waals surface area contributed by atoms with Crippen molar-refractivity contribution in [3.05, 3.63) is 94.3 Å². The van der Waals surface area contributed by atoms with Gasteiger partial charge in [-0.25, -0.2) is 4.79 Å². The molecule has 1 aliphatic heterocycles. The van der Waals surface area contributed by atoms with E-state index in [1.165, 1.54) is 0 Å². The van der Waals surface area contributed by atoms with Crippen molar-refractivity contribution in [2.24, 2.45) is 0 Å². The van der Waals surface area contributed by atoms with Gasteiger partial charge in [0.05, 0.1) is 37.2 Å². The average Bonchev–Trinajstić information content (AvgIpc) is 3.31. The number of halogens is 1. The van der Waals surface area contributed by atoms with Crippen molar-refractivity contribution in [3.8, 4) is 22.6 Å². The summed E-state index contributed by atoms with van der Waals surface area (Å²) in [4.78, 5) is 26.4. The predicted octanol–water partition coefficient (Wildman–Crippen LogP) is 6.54. The molecule has 0 atom stereocenters. The molecule has 1 amide bonds. The zero-order valence-electron chi connectivity index (χ0n) is 23.1. The zero-order chi connectivity index (χ0) is 28.9. The number of hydrogen-bond donors (Lipinski definition) is 1. The molecule has 3 aromatic carbocycles. The topological polar surface area (TPSA) is 93.9 Å². The van der Waals surface area contributed by atoms with Crippen LogP contribution in [0.1, 0.15) is 46.3 Å². The third-order valence-corrected chi connectivity index (χ3v) is 7.64. The van der Waals surface area contributed by atoms with E-state index in [-0.39, 0.29) is 11.5 Å². The minimum absolute atomic E-state index is 0.0243. The molecule has 0 fully saturated rings. The van der Waals surface area contributed by atoms with Gasteiger partial charge < -0.3 is 19.5 Å². The number of anilines is 1. The summed E-state index contributed by atoms with van der Waals surface area (Å²) in [5.41, 5.74) is 5.53. The number of ether oxygens (including phenoxy) is 2. The number of fused-ring (bicyclic) bond motifs is 1. The molecule has 0 aliphatic carbocycles. The van der Waals surface area contributed by atoms with Gasteiger partial charge in [0.2, 0.25) is 5.91 Å². The predicted molar refractivity (Wildman–Crippen MR) is 158 cm³/mol. The molecule has 1 aliphatic rings. The smallest absolute Gasteiger partial charge is 0.335 e. The highest BCUT2D eigenvalue weighted by Crippen LogP contribution is 2.40. The van der Waals surface area contributed by atoms with Gasteiger partial charge in [0, 0.05) is 40.9 Å². The zero-order valence-corrected chi connectivity index (χ0v) is 23.9. The minimum Gasteiger partial charge on any atom is -0.493 e. The molecule has 1 aromatic heterocycles. The van der Waals surface area contributed by atoms with Gasteiger partial charge >= 0.3 is 5.97 Å². The Balaban J connectivity index is 1.29. The van der Waals surface area contributed by atoms with Crippen LogP contribution in [-0.2, 0) is 11.3 Å². The maximum absolute atomic E-state index is 13.3. The number of rotatable bonds is 9.